The van der Waals surface area contributed by atoms with Crippen LogP contribution in [0.15, 0.2) is 297 Å². The third-order valence-electron chi connectivity index (χ3n) is 15.0. The van der Waals surface area contributed by atoms with Crippen molar-refractivity contribution in [3.8, 4) is 67.0 Å². The summed E-state index contributed by atoms with van der Waals surface area (Å²) in [5.74, 6) is 0. The van der Waals surface area contributed by atoms with Crippen molar-refractivity contribution in [2.45, 2.75) is 0 Å². The maximum absolute atomic E-state index is 2.43. The number of anilines is 3. The average Bonchev–Trinajstić information content (AvgIpc) is 4.05. The summed E-state index contributed by atoms with van der Waals surface area (Å²) < 4.78 is 4.80. The Hall–Kier alpha value is -9.96. The largest absolute Gasteiger partial charge is 0.310 e. The van der Waals surface area contributed by atoms with E-state index in [1.165, 1.54) is 77.0 Å². The van der Waals surface area contributed by atoms with Gasteiger partial charge >= 0.3 is 0 Å². The number of rotatable bonds is 10. The molecule has 75 heavy (non-hydrogen) atoms. The number of hydrogen-bond acceptors (Lipinski definition) is 1. The Morgan fingerprint density at radius 2 is 0.627 bits per heavy atom. The Morgan fingerprint density at radius 3 is 1.25 bits per heavy atom. The molecule has 0 atom stereocenters. The van der Waals surface area contributed by atoms with Crippen LogP contribution in [0, 0.1) is 0 Å². The number of para-hydroxylation sites is 6. The van der Waals surface area contributed by atoms with Crippen molar-refractivity contribution in [1.82, 2.24) is 9.13 Å². The summed E-state index contributed by atoms with van der Waals surface area (Å²) >= 11 is 0. The molecule has 3 nitrogen and oxygen atoms in total. The van der Waals surface area contributed by atoms with Crippen LogP contribution in [0.1, 0.15) is 0 Å². The van der Waals surface area contributed by atoms with Gasteiger partial charge in [0.1, 0.15) is 0 Å². The first-order valence-electron chi connectivity index (χ1n) is 25.8. The smallest absolute Gasteiger partial charge is 0.0541 e. The van der Waals surface area contributed by atoms with Crippen LogP contribution in [-0.2, 0) is 0 Å². The molecule has 0 amide bonds. The molecular weight excluding hydrogens is 907 g/mol. The molecule has 2 heterocycles. The zero-order valence-corrected chi connectivity index (χ0v) is 41.1. The van der Waals surface area contributed by atoms with Gasteiger partial charge in [-0.3, -0.25) is 0 Å². The Balaban J connectivity index is 0.910. The SMILES string of the molecule is c1ccc(-c2ccccc2-c2ccccc2-c2ccccc2N(c2ccc(-c3ccc4c(c3)c3ccccc3n4-c3ccccc3)cc2)c2ccc(-c3ccccc3-n3c4ccccc4c4ccccc43)cc2)cc1. The lowest BCUT2D eigenvalue weighted by atomic mass is 9.88. The Bertz CT molecular complexity index is 4340. The molecule has 12 aromatic carbocycles. The van der Waals surface area contributed by atoms with Crippen LogP contribution in [0.3, 0.4) is 0 Å². The van der Waals surface area contributed by atoms with Crippen LogP contribution >= 0.6 is 0 Å². The molecule has 3 heteroatoms. The lowest BCUT2D eigenvalue weighted by Gasteiger charge is -2.29. The molecule has 0 fully saturated rings. The predicted molar refractivity (Wildman–Crippen MR) is 317 cm³/mol. The molecule has 0 saturated carbocycles. The standard InChI is InChI=1S/C72H49N3/c1-3-21-51(22-4-1)57-25-7-8-27-59(57)60-28-9-10-29-61(60)62-30-12-17-35-68(62)73(55-44-39-50(40-45-55)53-43-48-72-66(49-53)65-33-15-18-36-69(65)74(72)54-23-5-2-6-24-54)56-46-41-52(42-47-56)58-26-11-16-34-67(58)75-70-37-19-13-31-63(70)64-32-14-20-38-71(64)75/h1-49H. The number of benzene rings is 12. The summed E-state index contributed by atoms with van der Waals surface area (Å²) in [7, 11) is 0. The van der Waals surface area contributed by atoms with E-state index in [-0.39, 0.29) is 0 Å². The summed E-state index contributed by atoms with van der Waals surface area (Å²) in [5.41, 5.74) is 22.0. The minimum absolute atomic E-state index is 1.06. The van der Waals surface area contributed by atoms with Crippen molar-refractivity contribution >= 4 is 60.7 Å². The Morgan fingerprint density at radius 1 is 0.227 bits per heavy atom. The van der Waals surface area contributed by atoms with E-state index in [1.54, 1.807) is 0 Å². The first-order chi connectivity index (χ1) is 37.2. The number of aromatic nitrogens is 2. The molecule has 0 aliphatic rings. The number of fused-ring (bicyclic) bond motifs is 6. The fourth-order valence-electron chi connectivity index (χ4n) is 11.6. The van der Waals surface area contributed by atoms with Gasteiger partial charge in [-0.05, 0) is 123 Å². The molecule has 14 aromatic rings. The zero-order chi connectivity index (χ0) is 49.7. The number of nitrogens with zero attached hydrogens (tertiary/aromatic N) is 3. The highest BCUT2D eigenvalue weighted by molar-refractivity contribution is 6.11. The summed E-state index contributed by atoms with van der Waals surface area (Å²) in [6, 6.07) is 108. The van der Waals surface area contributed by atoms with Gasteiger partial charge in [-0.1, -0.05) is 218 Å². The highest BCUT2D eigenvalue weighted by Gasteiger charge is 2.22. The molecule has 0 N–H and O–H groups in total. The molecule has 0 radical (unpaired) electrons. The van der Waals surface area contributed by atoms with Crippen molar-refractivity contribution < 1.29 is 0 Å². The third kappa shape index (κ3) is 7.60. The van der Waals surface area contributed by atoms with Gasteiger partial charge in [-0.25, -0.2) is 0 Å². The van der Waals surface area contributed by atoms with Crippen LogP contribution in [0.25, 0.3) is 111 Å². The highest BCUT2D eigenvalue weighted by atomic mass is 15.1. The minimum Gasteiger partial charge on any atom is -0.310 e. The summed E-state index contributed by atoms with van der Waals surface area (Å²) in [6.07, 6.45) is 0. The topological polar surface area (TPSA) is 13.1 Å². The normalized spacial score (nSPS) is 11.5. The van der Waals surface area contributed by atoms with Crippen LogP contribution in [0.5, 0.6) is 0 Å². The maximum Gasteiger partial charge on any atom is 0.0541 e. The van der Waals surface area contributed by atoms with E-state index in [0.717, 1.165) is 50.7 Å². The van der Waals surface area contributed by atoms with Crippen molar-refractivity contribution in [1.29, 1.82) is 0 Å². The van der Waals surface area contributed by atoms with Gasteiger partial charge in [0.15, 0.2) is 0 Å². The van der Waals surface area contributed by atoms with Crippen molar-refractivity contribution in [3.05, 3.63) is 297 Å². The van der Waals surface area contributed by atoms with Crippen LogP contribution < -0.4 is 4.90 Å². The molecule has 0 saturated heterocycles. The molecule has 14 rings (SSSR count). The van der Waals surface area contributed by atoms with E-state index in [9.17, 15) is 0 Å². The Kier molecular flexibility index (Phi) is 10.8. The van der Waals surface area contributed by atoms with E-state index in [0.29, 0.717) is 0 Å². The number of hydrogen-bond donors (Lipinski definition) is 0. The fraction of sp³-hybridized carbons (Fsp3) is 0. The van der Waals surface area contributed by atoms with Gasteiger partial charge in [-0.15, -0.1) is 0 Å². The van der Waals surface area contributed by atoms with E-state index in [4.69, 9.17) is 0 Å². The van der Waals surface area contributed by atoms with Gasteiger partial charge in [0.05, 0.1) is 33.4 Å². The van der Waals surface area contributed by atoms with Crippen molar-refractivity contribution in [2.75, 3.05) is 4.90 Å². The summed E-state index contributed by atoms with van der Waals surface area (Å²) in [4.78, 5) is 2.43. The second kappa shape index (κ2) is 18.6. The fourth-order valence-corrected chi connectivity index (χ4v) is 11.6. The van der Waals surface area contributed by atoms with E-state index in [1.807, 2.05) is 0 Å². The van der Waals surface area contributed by atoms with E-state index < -0.39 is 0 Å². The van der Waals surface area contributed by atoms with E-state index in [2.05, 4.69) is 311 Å². The molecular formula is C72H49N3. The van der Waals surface area contributed by atoms with E-state index >= 15 is 0 Å². The lowest BCUT2D eigenvalue weighted by Crippen LogP contribution is -2.11. The molecule has 0 bridgehead atoms. The van der Waals surface area contributed by atoms with Crippen molar-refractivity contribution in [3.63, 3.8) is 0 Å². The van der Waals surface area contributed by atoms with Gasteiger partial charge in [0.2, 0.25) is 0 Å². The summed E-state index contributed by atoms with van der Waals surface area (Å²) in [6.45, 7) is 0. The first kappa shape index (κ1) is 43.8. The summed E-state index contributed by atoms with van der Waals surface area (Å²) in [5, 5.41) is 4.98. The predicted octanol–water partition coefficient (Wildman–Crippen LogP) is 19.7. The average molecular weight is 956 g/mol. The molecule has 2 aromatic heterocycles. The molecule has 0 aliphatic carbocycles. The second-order valence-corrected chi connectivity index (χ2v) is 19.2. The highest BCUT2D eigenvalue weighted by Crippen LogP contribution is 2.46. The van der Waals surface area contributed by atoms with Gasteiger partial charge in [0.25, 0.3) is 0 Å². The monoisotopic (exact) mass is 955 g/mol. The quantitative estimate of drug-likeness (QED) is 0.133. The van der Waals surface area contributed by atoms with Crippen molar-refractivity contribution in [2.24, 2.45) is 0 Å². The van der Waals surface area contributed by atoms with Crippen LogP contribution in [0.4, 0.5) is 17.1 Å². The molecule has 0 aliphatic heterocycles. The molecule has 352 valence electrons. The first-order valence-corrected chi connectivity index (χ1v) is 25.8. The Labute approximate surface area is 436 Å². The van der Waals surface area contributed by atoms with Gasteiger partial charge in [0, 0.05) is 49.7 Å². The minimum atomic E-state index is 1.06. The molecule has 0 unspecified atom stereocenters. The van der Waals surface area contributed by atoms with Gasteiger partial charge in [-0.2, -0.15) is 0 Å². The zero-order valence-electron chi connectivity index (χ0n) is 41.1. The second-order valence-electron chi connectivity index (χ2n) is 19.2. The maximum atomic E-state index is 2.43. The van der Waals surface area contributed by atoms with Gasteiger partial charge < -0.3 is 14.0 Å². The third-order valence-corrected chi connectivity index (χ3v) is 15.0. The molecule has 0 spiro atoms. The lowest BCUT2D eigenvalue weighted by molar-refractivity contribution is 1.18. The van der Waals surface area contributed by atoms with Crippen LogP contribution in [-0.4, -0.2) is 9.13 Å². The van der Waals surface area contributed by atoms with Crippen LogP contribution in [0.2, 0.25) is 0 Å².